The Kier molecular flexibility index (Phi) is 5.31. The predicted molar refractivity (Wildman–Crippen MR) is 109 cm³/mol. The Labute approximate surface area is 171 Å². The molecule has 4 aromatic rings. The van der Waals surface area contributed by atoms with Gasteiger partial charge >= 0.3 is 0 Å². The predicted octanol–water partition coefficient (Wildman–Crippen LogP) is 4.50. The Morgan fingerprint density at radius 1 is 1.14 bits per heavy atom. The molecule has 0 saturated heterocycles. The van der Waals surface area contributed by atoms with Gasteiger partial charge in [0.1, 0.15) is 11.5 Å². The number of carbonyl (C=O) groups excluding carboxylic acids is 1. The van der Waals surface area contributed by atoms with E-state index in [9.17, 15) is 4.79 Å². The van der Waals surface area contributed by atoms with E-state index in [-0.39, 0.29) is 11.9 Å². The molecule has 1 N–H and O–H groups in total. The van der Waals surface area contributed by atoms with Gasteiger partial charge in [-0.3, -0.25) is 4.79 Å². The van der Waals surface area contributed by atoms with Crippen LogP contribution >= 0.6 is 11.6 Å². The second kappa shape index (κ2) is 8.20. The van der Waals surface area contributed by atoms with Gasteiger partial charge in [-0.2, -0.15) is 9.67 Å². The van der Waals surface area contributed by atoms with Gasteiger partial charge in [-0.15, -0.1) is 5.10 Å². The van der Waals surface area contributed by atoms with Crippen molar-refractivity contribution in [2.75, 3.05) is 12.4 Å². The van der Waals surface area contributed by atoms with E-state index in [2.05, 4.69) is 15.4 Å². The normalized spacial score (nSPS) is 10.7. The summed E-state index contributed by atoms with van der Waals surface area (Å²) in [6.07, 6.45) is 1.58. The van der Waals surface area contributed by atoms with Crippen molar-refractivity contribution in [3.63, 3.8) is 0 Å². The summed E-state index contributed by atoms with van der Waals surface area (Å²) in [6.45, 7) is 0.351. The van der Waals surface area contributed by atoms with Crippen molar-refractivity contribution >= 4 is 23.5 Å². The Hall–Kier alpha value is -3.58. The van der Waals surface area contributed by atoms with E-state index in [4.69, 9.17) is 20.8 Å². The number of benzene rings is 2. The number of nitrogens with zero attached hydrogens (tertiary/aromatic N) is 3. The summed E-state index contributed by atoms with van der Waals surface area (Å²) < 4.78 is 11.7. The minimum absolute atomic E-state index is 0.289. The van der Waals surface area contributed by atoms with Crippen LogP contribution in [0.2, 0.25) is 5.02 Å². The first kappa shape index (κ1) is 18.8. The molecule has 0 unspecified atom stereocenters. The Morgan fingerprint density at radius 2 is 1.93 bits per heavy atom. The van der Waals surface area contributed by atoms with E-state index in [1.165, 1.54) is 4.68 Å². The zero-order valence-corrected chi connectivity index (χ0v) is 16.3. The lowest BCUT2D eigenvalue weighted by molar-refractivity contribution is 0.0947. The molecule has 0 aliphatic heterocycles. The molecule has 0 atom stereocenters. The molecule has 29 heavy (non-hydrogen) atoms. The third-order valence-electron chi connectivity index (χ3n) is 4.25. The van der Waals surface area contributed by atoms with Gasteiger partial charge in [0.05, 0.1) is 30.5 Å². The van der Waals surface area contributed by atoms with Crippen molar-refractivity contribution in [3.05, 3.63) is 83.3 Å². The molecule has 7 nitrogen and oxygen atoms in total. The maximum absolute atomic E-state index is 13.1. The molecule has 0 fully saturated rings. The highest BCUT2D eigenvalue weighted by Crippen LogP contribution is 2.23. The summed E-state index contributed by atoms with van der Waals surface area (Å²) in [5.41, 5.74) is 1.08. The second-order valence-corrected chi connectivity index (χ2v) is 6.52. The van der Waals surface area contributed by atoms with Crippen molar-refractivity contribution in [3.8, 4) is 17.1 Å². The molecule has 0 aliphatic rings. The van der Waals surface area contributed by atoms with E-state index in [1.54, 1.807) is 43.7 Å². The first-order valence-electron chi connectivity index (χ1n) is 8.82. The lowest BCUT2D eigenvalue weighted by Crippen LogP contribution is -2.17. The fourth-order valence-electron chi connectivity index (χ4n) is 2.76. The van der Waals surface area contributed by atoms with Gasteiger partial charge in [0.15, 0.2) is 5.82 Å². The molecule has 0 amide bonds. The van der Waals surface area contributed by atoms with Crippen LogP contribution in [-0.4, -0.2) is 27.8 Å². The molecule has 2 heterocycles. The van der Waals surface area contributed by atoms with E-state index >= 15 is 0 Å². The second-order valence-electron chi connectivity index (χ2n) is 6.12. The molecule has 0 radical (unpaired) electrons. The number of hydrogen-bond donors (Lipinski definition) is 1. The summed E-state index contributed by atoms with van der Waals surface area (Å²) in [7, 11) is 1.60. The largest absolute Gasteiger partial charge is 0.497 e. The molecule has 2 aromatic carbocycles. The third kappa shape index (κ3) is 4.00. The Balaban J connectivity index is 1.71. The Bertz CT molecular complexity index is 1120. The van der Waals surface area contributed by atoms with Crippen molar-refractivity contribution in [2.24, 2.45) is 0 Å². The number of hydrogen-bond acceptors (Lipinski definition) is 6. The summed E-state index contributed by atoms with van der Waals surface area (Å²) >= 11 is 6.21. The molecule has 8 heteroatoms. The van der Waals surface area contributed by atoms with Crippen molar-refractivity contribution < 1.29 is 13.9 Å². The standard InChI is InChI=1S/C21H17ClN4O3/c1-28-15-10-8-14(9-11-15)19-24-21(23-13-16-5-4-12-29-16)26(25-19)20(27)17-6-2-3-7-18(17)22/h2-12H,13H2,1H3,(H,23,24,25). The maximum atomic E-state index is 13.1. The number of carbonyl (C=O) groups is 1. The first-order valence-corrected chi connectivity index (χ1v) is 9.20. The highest BCUT2D eigenvalue weighted by atomic mass is 35.5. The molecular weight excluding hydrogens is 392 g/mol. The summed E-state index contributed by atoms with van der Waals surface area (Å²) in [6, 6.07) is 17.7. The van der Waals surface area contributed by atoms with Crippen LogP contribution in [0.25, 0.3) is 11.4 Å². The first-order chi connectivity index (χ1) is 14.2. The summed E-state index contributed by atoms with van der Waals surface area (Å²) in [5.74, 6) is 1.73. The van der Waals surface area contributed by atoms with Crippen molar-refractivity contribution in [1.82, 2.24) is 14.8 Å². The maximum Gasteiger partial charge on any atom is 0.282 e. The number of nitrogens with one attached hydrogen (secondary N) is 1. The van der Waals surface area contributed by atoms with E-state index < -0.39 is 0 Å². The number of anilines is 1. The van der Waals surface area contributed by atoms with Gasteiger partial charge < -0.3 is 14.5 Å². The lowest BCUT2D eigenvalue weighted by atomic mass is 10.2. The number of rotatable bonds is 6. The average Bonchev–Trinajstić information content (AvgIpc) is 3.42. The minimum atomic E-state index is -0.384. The van der Waals surface area contributed by atoms with Crippen LogP contribution in [0.3, 0.4) is 0 Å². The molecule has 0 aliphatic carbocycles. The summed E-state index contributed by atoms with van der Waals surface area (Å²) in [5, 5.41) is 7.87. The molecular formula is C21H17ClN4O3. The number of furan rings is 1. The average molecular weight is 409 g/mol. The van der Waals surface area contributed by atoms with Gasteiger partial charge in [0.25, 0.3) is 5.91 Å². The van der Waals surface area contributed by atoms with Crippen LogP contribution in [0.1, 0.15) is 16.1 Å². The van der Waals surface area contributed by atoms with Gasteiger partial charge in [-0.05, 0) is 48.5 Å². The summed E-state index contributed by atoms with van der Waals surface area (Å²) in [4.78, 5) is 17.6. The highest BCUT2D eigenvalue weighted by Gasteiger charge is 2.20. The van der Waals surface area contributed by atoms with Crippen LogP contribution in [0.4, 0.5) is 5.95 Å². The molecule has 0 bridgehead atoms. The number of aromatic nitrogens is 3. The van der Waals surface area contributed by atoms with Crippen LogP contribution < -0.4 is 10.1 Å². The topological polar surface area (TPSA) is 82.2 Å². The molecule has 2 aromatic heterocycles. The third-order valence-corrected chi connectivity index (χ3v) is 4.58. The van der Waals surface area contributed by atoms with Crippen LogP contribution in [-0.2, 0) is 6.54 Å². The lowest BCUT2D eigenvalue weighted by Gasteiger charge is -2.07. The van der Waals surface area contributed by atoms with E-state index in [1.807, 2.05) is 30.3 Å². The molecule has 146 valence electrons. The Morgan fingerprint density at radius 3 is 2.62 bits per heavy atom. The number of ether oxygens (including phenoxy) is 1. The van der Waals surface area contributed by atoms with Gasteiger partial charge in [-0.25, -0.2) is 0 Å². The van der Waals surface area contributed by atoms with Crippen LogP contribution in [0.15, 0.2) is 71.3 Å². The monoisotopic (exact) mass is 408 g/mol. The zero-order chi connectivity index (χ0) is 20.2. The molecule has 4 rings (SSSR count). The fourth-order valence-corrected chi connectivity index (χ4v) is 2.98. The van der Waals surface area contributed by atoms with E-state index in [0.717, 1.165) is 11.3 Å². The SMILES string of the molecule is COc1ccc(-c2nc(NCc3ccco3)n(C(=O)c3ccccc3Cl)n2)cc1. The van der Waals surface area contributed by atoms with E-state index in [0.29, 0.717) is 28.7 Å². The smallest absolute Gasteiger partial charge is 0.282 e. The molecule has 0 saturated carbocycles. The molecule has 0 spiro atoms. The minimum Gasteiger partial charge on any atom is -0.497 e. The van der Waals surface area contributed by atoms with Crippen LogP contribution in [0, 0.1) is 0 Å². The van der Waals surface area contributed by atoms with Gasteiger partial charge in [-0.1, -0.05) is 23.7 Å². The van der Waals surface area contributed by atoms with Crippen molar-refractivity contribution in [1.29, 1.82) is 0 Å². The van der Waals surface area contributed by atoms with Crippen LogP contribution in [0.5, 0.6) is 5.75 Å². The number of methoxy groups -OCH3 is 1. The van der Waals surface area contributed by atoms with Gasteiger partial charge in [0.2, 0.25) is 5.95 Å². The number of halogens is 1. The van der Waals surface area contributed by atoms with Gasteiger partial charge in [0, 0.05) is 5.56 Å². The quantitative estimate of drug-likeness (QED) is 0.505. The van der Waals surface area contributed by atoms with Crippen molar-refractivity contribution in [2.45, 2.75) is 6.54 Å². The highest BCUT2D eigenvalue weighted by molar-refractivity contribution is 6.33. The zero-order valence-electron chi connectivity index (χ0n) is 15.5. The fraction of sp³-hybridized carbons (Fsp3) is 0.0952.